The third kappa shape index (κ3) is 2.16. The van der Waals surface area contributed by atoms with E-state index in [1.165, 1.54) is 0 Å². The molecular formula is C12H13NO3. The second-order valence-corrected chi connectivity index (χ2v) is 3.59. The molecule has 0 bridgehead atoms. The molecule has 4 nitrogen and oxygen atoms in total. The zero-order chi connectivity index (χ0) is 11.5. The SMILES string of the molecule is Cc1noc(C)c1COc1ccc(O)cc1. The molecule has 0 unspecified atom stereocenters. The van der Waals surface area contributed by atoms with Crippen molar-refractivity contribution in [2.45, 2.75) is 20.5 Å². The Balaban J connectivity index is 2.05. The van der Waals surface area contributed by atoms with Gasteiger partial charge in [0.2, 0.25) is 0 Å². The van der Waals surface area contributed by atoms with Crippen LogP contribution in [-0.2, 0) is 6.61 Å². The third-order valence-electron chi connectivity index (χ3n) is 2.40. The zero-order valence-corrected chi connectivity index (χ0v) is 9.23. The highest BCUT2D eigenvalue weighted by Crippen LogP contribution is 2.19. The summed E-state index contributed by atoms with van der Waals surface area (Å²) in [6.45, 7) is 4.16. The molecule has 2 aromatic rings. The van der Waals surface area contributed by atoms with Crippen molar-refractivity contribution in [1.82, 2.24) is 5.16 Å². The molecule has 2 rings (SSSR count). The van der Waals surface area contributed by atoms with Gasteiger partial charge in [-0.05, 0) is 38.1 Å². The van der Waals surface area contributed by atoms with E-state index in [-0.39, 0.29) is 5.75 Å². The van der Waals surface area contributed by atoms with Crippen LogP contribution in [0.3, 0.4) is 0 Å². The van der Waals surface area contributed by atoms with E-state index in [4.69, 9.17) is 14.4 Å². The Morgan fingerprint density at radius 1 is 1.25 bits per heavy atom. The minimum absolute atomic E-state index is 0.227. The number of phenolic OH excluding ortho intramolecular Hbond substituents is 1. The first kappa shape index (κ1) is 10.5. The summed E-state index contributed by atoms with van der Waals surface area (Å²) in [5.41, 5.74) is 1.81. The zero-order valence-electron chi connectivity index (χ0n) is 9.23. The van der Waals surface area contributed by atoms with Crippen LogP contribution < -0.4 is 4.74 Å². The number of aryl methyl sites for hydroxylation is 2. The Kier molecular flexibility index (Phi) is 2.81. The first-order valence-corrected chi connectivity index (χ1v) is 5.00. The van der Waals surface area contributed by atoms with Gasteiger partial charge in [0, 0.05) is 0 Å². The molecule has 0 saturated heterocycles. The van der Waals surface area contributed by atoms with Crippen molar-refractivity contribution in [2.24, 2.45) is 0 Å². The molecule has 1 aromatic carbocycles. The van der Waals surface area contributed by atoms with Crippen LogP contribution >= 0.6 is 0 Å². The number of nitrogens with zero attached hydrogens (tertiary/aromatic N) is 1. The van der Waals surface area contributed by atoms with Crippen LogP contribution in [0, 0.1) is 13.8 Å². The van der Waals surface area contributed by atoms with Gasteiger partial charge in [0.15, 0.2) is 0 Å². The van der Waals surface area contributed by atoms with E-state index in [2.05, 4.69) is 5.16 Å². The minimum Gasteiger partial charge on any atom is -0.508 e. The molecule has 1 aromatic heterocycles. The molecule has 1 heterocycles. The van der Waals surface area contributed by atoms with Crippen LogP contribution in [0.1, 0.15) is 17.0 Å². The van der Waals surface area contributed by atoms with Crippen molar-refractivity contribution in [3.63, 3.8) is 0 Å². The highest BCUT2D eigenvalue weighted by atomic mass is 16.5. The summed E-state index contributed by atoms with van der Waals surface area (Å²) in [6, 6.07) is 6.60. The molecular weight excluding hydrogens is 206 g/mol. The van der Waals surface area contributed by atoms with Gasteiger partial charge >= 0.3 is 0 Å². The Bertz CT molecular complexity index is 454. The Morgan fingerprint density at radius 2 is 1.94 bits per heavy atom. The van der Waals surface area contributed by atoms with Gasteiger partial charge < -0.3 is 14.4 Å². The molecule has 4 heteroatoms. The lowest BCUT2D eigenvalue weighted by Crippen LogP contribution is -1.97. The van der Waals surface area contributed by atoms with Crippen molar-refractivity contribution in [1.29, 1.82) is 0 Å². The summed E-state index contributed by atoms with van der Waals surface area (Å²) in [4.78, 5) is 0. The minimum atomic E-state index is 0.227. The Hall–Kier alpha value is -1.97. The fourth-order valence-electron chi connectivity index (χ4n) is 1.41. The van der Waals surface area contributed by atoms with Crippen LogP contribution in [0.25, 0.3) is 0 Å². The molecule has 16 heavy (non-hydrogen) atoms. The predicted molar refractivity (Wildman–Crippen MR) is 58.4 cm³/mol. The van der Waals surface area contributed by atoms with Gasteiger partial charge in [0.05, 0.1) is 11.3 Å². The third-order valence-corrected chi connectivity index (χ3v) is 2.40. The molecule has 0 aliphatic heterocycles. The van der Waals surface area contributed by atoms with E-state index < -0.39 is 0 Å². The molecule has 84 valence electrons. The molecule has 0 aliphatic carbocycles. The van der Waals surface area contributed by atoms with Gasteiger partial charge in [-0.15, -0.1) is 0 Å². The number of aromatic nitrogens is 1. The van der Waals surface area contributed by atoms with Crippen molar-refractivity contribution in [2.75, 3.05) is 0 Å². The van der Waals surface area contributed by atoms with Crippen molar-refractivity contribution >= 4 is 0 Å². The van der Waals surface area contributed by atoms with Crippen molar-refractivity contribution in [3.8, 4) is 11.5 Å². The second kappa shape index (κ2) is 4.26. The molecule has 0 atom stereocenters. The topological polar surface area (TPSA) is 55.5 Å². The van der Waals surface area contributed by atoms with Crippen LogP contribution in [0.5, 0.6) is 11.5 Å². The molecule has 0 amide bonds. The molecule has 0 aliphatic rings. The lowest BCUT2D eigenvalue weighted by Gasteiger charge is -2.05. The van der Waals surface area contributed by atoms with Gasteiger partial charge in [-0.2, -0.15) is 0 Å². The molecule has 0 radical (unpaired) electrons. The summed E-state index contributed by atoms with van der Waals surface area (Å²) in [7, 11) is 0. The van der Waals surface area contributed by atoms with E-state index >= 15 is 0 Å². The fraction of sp³-hybridized carbons (Fsp3) is 0.250. The smallest absolute Gasteiger partial charge is 0.140 e. The maximum Gasteiger partial charge on any atom is 0.140 e. The van der Waals surface area contributed by atoms with Crippen LogP contribution in [0.4, 0.5) is 0 Å². The van der Waals surface area contributed by atoms with Gasteiger partial charge in [-0.1, -0.05) is 5.16 Å². The van der Waals surface area contributed by atoms with Gasteiger partial charge in [0.1, 0.15) is 23.9 Å². The molecule has 0 saturated carbocycles. The summed E-state index contributed by atoms with van der Waals surface area (Å²) < 4.78 is 10.6. The van der Waals surface area contributed by atoms with E-state index in [1.54, 1.807) is 24.3 Å². The fourth-order valence-corrected chi connectivity index (χ4v) is 1.41. The first-order valence-electron chi connectivity index (χ1n) is 5.00. The van der Waals surface area contributed by atoms with Gasteiger partial charge in [0.25, 0.3) is 0 Å². The van der Waals surface area contributed by atoms with Gasteiger partial charge in [-0.25, -0.2) is 0 Å². The lowest BCUT2D eigenvalue weighted by atomic mass is 10.2. The first-order chi connectivity index (χ1) is 7.66. The Morgan fingerprint density at radius 3 is 2.50 bits per heavy atom. The maximum absolute atomic E-state index is 9.12. The number of phenols is 1. The molecule has 0 fully saturated rings. The van der Waals surface area contributed by atoms with E-state index in [0.29, 0.717) is 12.4 Å². The van der Waals surface area contributed by atoms with E-state index in [0.717, 1.165) is 17.0 Å². The number of ether oxygens (including phenoxy) is 1. The lowest BCUT2D eigenvalue weighted by molar-refractivity contribution is 0.301. The quantitative estimate of drug-likeness (QED) is 0.862. The average Bonchev–Trinajstić information content (AvgIpc) is 2.59. The standard InChI is InChI=1S/C12H13NO3/c1-8-12(9(2)16-13-8)7-15-11-5-3-10(14)4-6-11/h3-6,14H,7H2,1-2H3. The highest BCUT2D eigenvalue weighted by Gasteiger charge is 2.09. The highest BCUT2D eigenvalue weighted by molar-refractivity contribution is 5.30. The summed E-state index contributed by atoms with van der Waals surface area (Å²) in [5.74, 6) is 1.71. The van der Waals surface area contributed by atoms with E-state index in [1.807, 2.05) is 13.8 Å². The average molecular weight is 219 g/mol. The summed E-state index contributed by atoms with van der Waals surface area (Å²) >= 11 is 0. The van der Waals surface area contributed by atoms with Crippen LogP contribution in [-0.4, -0.2) is 10.3 Å². The Labute approximate surface area is 93.5 Å². The van der Waals surface area contributed by atoms with Crippen molar-refractivity contribution < 1.29 is 14.4 Å². The number of rotatable bonds is 3. The van der Waals surface area contributed by atoms with Crippen molar-refractivity contribution in [3.05, 3.63) is 41.3 Å². The number of hydrogen-bond acceptors (Lipinski definition) is 4. The molecule has 1 N–H and O–H groups in total. The number of hydrogen-bond donors (Lipinski definition) is 1. The second-order valence-electron chi connectivity index (χ2n) is 3.59. The summed E-state index contributed by atoms with van der Waals surface area (Å²) in [5, 5.41) is 13.0. The predicted octanol–water partition coefficient (Wildman–Crippen LogP) is 2.58. The number of benzene rings is 1. The summed E-state index contributed by atoms with van der Waals surface area (Å²) in [6.07, 6.45) is 0. The maximum atomic E-state index is 9.12. The number of aromatic hydroxyl groups is 1. The van der Waals surface area contributed by atoms with Gasteiger partial charge in [-0.3, -0.25) is 0 Å². The molecule has 0 spiro atoms. The monoisotopic (exact) mass is 219 g/mol. The van der Waals surface area contributed by atoms with Crippen LogP contribution in [0.15, 0.2) is 28.8 Å². The van der Waals surface area contributed by atoms with Crippen LogP contribution in [0.2, 0.25) is 0 Å². The van der Waals surface area contributed by atoms with E-state index in [9.17, 15) is 0 Å². The largest absolute Gasteiger partial charge is 0.508 e. The normalized spacial score (nSPS) is 10.4.